The van der Waals surface area contributed by atoms with E-state index < -0.39 is 0 Å². The molecule has 0 saturated heterocycles. The first-order valence-electron chi connectivity index (χ1n) is 4.04. The third-order valence-electron chi connectivity index (χ3n) is 1.87. The molecule has 13 heavy (non-hydrogen) atoms. The number of fused-ring (bicyclic) bond motifs is 1. The molecule has 0 spiro atoms. The molecule has 0 fully saturated rings. The van der Waals surface area contributed by atoms with E-state index in [2.05, 4.69) is 10.5 Å². The Labute approximate surface area is 76.3 Å². The number of anilines is 1. The third kappa shape index (κ3) is 1.46. The summed E-state index contributed by atoms with van der Waals surface area (Å²) in [5, 5.41) is 2.21. The van der Waals surface area contributed by atoms with E-state index in [1.54, 1.807) is 13.3 Å². The van der Waals surface area contributed by atoms with Crippen molar-refractivity contribution in [3.05, 3.63) is 36.5 Å². The summed E-state index contributed by atoms with van der Waals surface area (Å²) in [6.45, 7) is 0. The molecule has 0 aliphatic carbocycles. The van der Waals surface area contributed by atoms with Crippen molar-refractivity contribution in [1.82, 2.24) is 4.98 Å². The van der Waals surface area contributed by atoms with E-state index in [4.69, 9.17) is 4.84 Å². The Bertz CT molecular complexity index is 409. The van der Waals surface area contributed by atoms with Crippen LogP contribution in [0.1, 0.15) is 0 Å². The van der Waals surface area contributed by atoms with Crippen LogP contribution >= 0.6 is 0 Å². The molecule has 0 saturated carbocycles. The van der Waals surface area contributed by atoms with Gasteiger partial charge in [0.25, 0.3) is 0 Å². The van der Waals surface area contributed by atoms with Crippen LogP contribution in [0.5, 0.6) is 0 Å². The number of pyridine rings is 1. The lowest BCUT2D eigenvalue weighted by Gasteiger charge is -2.04. The van der Waals surface area contributed by atoms with Gasteiger partial charge in [-0.2, -0.15) is 0 Å². The first kappa shape index (κ1) is 8.01. The van der Waals surface area contributed by atoms with E-state index in [9.17, 15) is 0 Å². The molecule has 0 atom stereocenters. The van der Waals surface area contributed by atoms with E-state index in [0.29, 0.717) is 0 Å². The summed E-state index contributed by atoms with van der Waals surface area (Å²) in [7, 11) is 1.57. The van der Waals surface area contributed by atoms with Gasteiger partial charge >= 0.3 is 0 Å². The monoisotopic (exact) mass is 174 g/mol. The molecule has 0 radical (unpaired) electrons. The molecule has 1 aromatic heterocycles. The van der Waals surface area contributed by atoms with Crippen LogP contribution < -0.4 is 5.48 Å². The van der Waals surface area contributed by atoms with Crippen molar-refractivity contribution in [2.75, 3.05) is 12.6 Å². The predicted octanol–water partition coefficient (Wildman–Crippen LogP) is 2.21. The second kappa shape index (κ2) is 3.41. The predicted molar refractivity (Wildman–Crippen MR) is 52.4 cm³/mol. The highest BCUT2D eigenvalue weighted by atomic mass is 16.6. The second-order valence-corrected chi connectivity index (χ2v) is 2.69. The smallest absolute Gasteiger partial charge is 0.157 e. The molecule has 2 aromatic rings. The fourth-order valence-corrected chi connectivity index (χ4v) is 1.30. The molecule has 0 bridgehead atoms. The molecule has 0 unspecified atom stereocenters. The van der Waals surface area contributed by atoms with E-state index in [0.717, 1.165) is 16.6 Å². The molecule has 0 amide bonds. The van der Waals surface area contributed by atoms with E-state index >= 15 is 0 Å². The number of benzene rings is 1. The minimum absolute atomic E-state index is 0.751. The Balaban J connectivity index is 2.61. The minimum atomic E-state index is 0.751. The lowest BCUT2D eigenvalue weighted by molar-refractivity contribution is 0.270. The highest BCUT2D eigenvalue weighted by molar-refractivity contribution is 5.91. The molecular weight excluding hydrogens is 164 g/mol. The maximum Gasteiger partial charge on any atom is 0.157 e. The van der Waals surface area contributed by atoms with Crippen LogP contribution in [0.3, 0.4) is 0 Å². The number of hydrogen-bond acceptors (Lipinski definition) is 3. The van der Waals surface area contributed by atoms with Crippen molar-refractivity contribution in [2.45, 2.75) is 0 Å². The second-order valence-electron chi connectivity index (χ2n) is 2.69. The SMILES string of the molecule is CONc1nccc2ccccc12. The van der Waals surface area contributed by atoms with Crippen LogP contribution in [0, 0.1) is 0 Å². The van der Waals surface area contributed by atoms with Gasteiger partial charge in [0, 0.05) is 11.6 Å². The fraction of sp³-hybridized carbons (Fsp3) is 0.100. The molecule has 1 heterocycles. The number of nitrogens with one attached hydrogen (secondary N) is 1. The van der Waals surface area contributed by atoms with Gasteiger partial charge in [0.2, 0.25) is 0 Å². The number of rotatable bonds is 2. The van der Waals surface area contributed by atoms with Crippen molar-refractivity contribution in [3.8, 4) is 0 Å². The van der Waals surface area contributed by atoms with Gasteiger partial charge in [0.15, 0.2) is 5.82 Å². The Morgan fingerprint density at radius 3 is 2.92 bits per heavy atom. The largest absolute Gasteiger partial charge is 0.278 e. The molecular formula is C10H10N2O. The van der Waals surface area contributed by atoms with Crippen molar-refractivity contribution in [1.29, 1.82) is 0 Å². The van der Waals surface area contributed by atoms with Gasteiger partial charge in [-0.25, -0.2) is 10.5 Å². The van der Waals surface area contributed by atoms with Crippen LogP contribution in [-0.4, -0.2) is 12.1 Å². The van der Waals surface area contributed by atoms with Crippen LogP contribution in [0.15, 0.2) is 36.5 Å². The van der Waals surface area contributed by atoms with Gasteiger partial charge in [-0.15, -0.1) is 0 Å². The van der Waals surface area contributed by atoms with E-state index in [-0.39, 0.29) is 0 Å². The zero-order valence-electron chi connectivity index (χ0n) is 7.32. The van der Waals surface area contributed by atoms with Crippen LogP contribution in [0.2, 0.25) is 0 Å². The van der Waals surface area contributed by atoms with E-state index in [1.165, 1.54) is 0 Å². The summed E-state index contributed by atoms with van der Waals surface area (Å²) in [5.74, 6) is 0.751. The van der Waals surface area contributed by atoms with Crippen molar-refractivity contribution in [3.63, 3.8) is 0 Å². The van der Waals surface area contributed by atoms with Gasteiger partial charge in [-0.05, 0) is 11.5 Å². The fourth-order valence-electron chi connectivity index (χ4n) is 1.30. The van der Waals surface area contributed by atoms with Crippen molar-refractivity contribution in [2.24, 2.45) is 0 Å². The normalized spacial score (nSPS) is 10.2. The topological polar surface area (TPSA) is 34.1 Å². The first-order chi connectivity index (χ1) is 6.42. The van der Waals surface area contributed by atoms with E-state index in [1.807, 2.05) is 30.3 Å². The Morgan fingerprint density at radius 2 is 2.08 bits per heavy atom. The Hall–Kier alpha value is -1.61. The van der Waals surface area contributed by atoms with Crippen LogP contribution in [0.4, 0.5) is 5.82 Å². The Kier molecular flexibility index (Phi) is 2.10. The van der Waals surface area contributed by atoms with Crippen molar-refractivity contribution >= 4 is 16.6 Å². The summed E-state index contributed by atoms with van der Waals surface area (Å²) < 4.78 is 0. The quantitative estimate of drug-likeness (QED) is 0.709. The summed E-state index contributed by atoms with van der Waals surface area (Å²) in [6.07, 6.45) is 1.75. The third-order valence-corrected chi connectivity index (χ3v) is 1.87. The number of aromatic nitrogens is 1. The maximum absolute atomic E-state index is 4.82. The molecule has 66 valence electrons. The summed E-state index contributed by atoms with van der Waals surface area (Å²) in [6, 6.07) is 9.99. The number of nitrogens with zero attached hydrogens (tertiary/aromatic N) is 1. The zero-order valence-corrected chi connectivity index (χ0v) is 7.32. The standard InChI is InChI=1S/C10H10N2O/c1-13-12-10-9-5-3-2-4-8(9)6-7-11-10/h2-7H,1H3,(H,11,12). The molecule has 1 N–H and O–H groups in total. The first-order valence-corrected chi connectivity index (χ1v) is 4.04. The number of hydrogen-bond donors (Lipinski definition) is 1. The van der Waals surface area contributed by atoms with Gasteiger partial charge < -0.3 is 0 Å². The lowest BCUT2D eigenvalue weighted by atomic mass is 10.2. The highest BCUT2D eigenvalue weighted by Crippen LogP contribution is 2.19. The average Bonchev–Trinajstić information content (AvgIpc) is 2.19. The summed E-state index contributed by atoms with van der Waals surface area (Å²) in [5.41, 5.74) is 2.74. The van der Waals surface area contributed by atoms with Crippen LogP contribution in [-0.2, 0) is 4.84 Å². The minimum Gasteiger partial charge on any atom is -0.278 e. The molecule has 0 aliphatic heterocycles. The molecule has 3 nitrogen and oxygen atoms in total. The van der Waals surface area contributed by atoms with Crippen molar-refractivity contribution < 1.29 is 4.84 Å². The summed E-state index contributed by atoms with van der Waals surface area (Å²) >= 11 is 0. The van der Waals surface area contributed by atoms with Crippen LogP contribution in [0.25, 0.3) is 10.8 Å². The van der Waals surface area contributed by atoms with Gasteiger partial charge in [-0.1, -0.05) is 24.3 Å². The molecule has 0 aliphatic rings. The van der Waals surface area contributed by atoms with Gasteiger partial charge in [-0.3, -0.25) is 4.84 Å². The molecule has 2 rings (SSSR count). The lowest BCUT2D eigenvalue weighted by Crippen LogP contribution is -1.98. The average molecular weight is 174 g/mol. The maximum atomic E-state index is 4.82. The Morgan fingerprint density at radius 1 is 1.23 bits per heavy atom. The summed E-state index contributed by atoms with van der Waals surface area (Å²) in [4.78, 5) is 8.98. The van der Waals surface area contributed by atoms with Gasteiger partial charge in [0.1, 0.15) is 0 Å². The van der Waals surface area contributed by atoms with Gasteiger partial charge in [0.05, 0.1) is 7.11 Å². The molecule has 1 aromatic carbocycles. The highest BCUT2D eigenvalue weighted by Gasteiger charge is 1.98. The molecule has 3 heteroatoms. The zero-order chi connectivity index (χ0) is 9.10.